The van der Waals surface area contributed by atoms with E-state index < -0.39 is 46.2 Å². The molecule has 0 spiro atoms. The Kier molecular flexibility index (Phi) is 9.92. The van der Waals surface area contributed by atoms with E-state index >= 15 is 0 Å². The van der Waals surface area contributed by atoms with Crippen LogP contribution in [0.5, 0.6) is 0 Å². The number of amides is 2. The molecular formula is C25H32F3N3O4S. The van der Waals surface area contributed by atoms with Crippen LogP contribution in [0.1, 0.15) is 43.4 Å². The van der Waals surface area contributed by atoms with E-state index in [0.29, 0.717) is 16.9 Å². The van der Waals surface area contributed by atoms with Gasteiger partial charge in [-0.3, -0.25) is 13.9 Å². The Morgan fingerprint density at radius 3 is 2.33 bits per heavy atom. The molecule has 1 unspecified atom stereocenters. The number of alkyl halides is 3. The number of hydrogen-bond donors (Lipinski definition) is 1. The van der Waals surface area contributed by atoms with E-state index in [1.807, 2.05) is 26.0 Å². The topological polar surface area (TPSA) is 86.8 Å². The molecule has 0 bridgehead atoms. The van der Waals surface area contributed by atoms with Crippen molar-refractivity contribution < 1.29 is 31.2 Å². The maximum Gasteiger partial charge on any atom is 0.416 e. The van der Waals surface area contributed by atoms with E-state index in [4.69, 9.17) is 0 Å². The molecule has 11 heteroatoms. The zero-order valence-corrected chi connectivity index (χ0v) is 21.6. The highest BCUT2D eigenvalue weighted by Gasteiger charge is 2.33. The normalized spacial score (nSPS) is 12.6. The first-order valence-corrected chi connectivity index (χ1v) is 13.4. The Bertz CT molecular complexity index is 1170. The summed E-state index contributed by atoms with van der Waals surface area (Å²) in [6, 6.07) is 10.1. The fourth-order valence-corrected chi connectivity index (χ4v) is 4.38. The minimum atomic E-state index is -4.69. The minimum absolute atomic E-state index is 0.0219. The number of benzene rings is 2. The standard InChI is InChI=1S/C25H32F3N3O4S/c1-5-6-14-29-24(33)19(3)30(16-20-11-8-7-10-18(20)2)23(32)17-31(36(4,34)35)22-13-9-12-21(15-22)25(26,27)28/h7-13,15,19H,5-6,14,16-17H2,1-4H3,(H,29,33). The molecule has 1 N–H and O–H groups in total. The molecule has 1 atom stereocenters. The predicted octanol–water partition coefficient (Wildman–Crippen LogP) is 4.11. The van der Waals surface area contributed by atoms with Crippen molar-refractivity contribution in [2.45, 2.75) is 52.4 Å². The van der Waals surface area contributed by atoms with Gasteiger partial charge in [-0.1, -0.05) is 43.7 Å². The van der Waals surface area contributed by atoms with Crippen LogP contribution in [0.15, 0.2) is 48.5 Å². The van der Waals surface area contributed by atoms with E-state index in [1.54, 1.807) is 12.1 Å². The van der Waals surface area contributed by atoms with E-state index in [2.05, 4.69) is 5.32 Å². The van der Waals surface area contributed by atoms with Gasteiger partial charge in [0.2, 0.25) is 21.8 Å². The maximum absolute atomic E-state index is 13.5. The summed E-state index contributed by atoms with van der Waals surface area (Å²) in [4.78, 5) is 27.5. The second-order valence-corrected chi connectivity index (χ2v) is 10.5. The minimum Gasteiger partial charge on any atom is -0.354 e. The first-order chi connectivity index (χ1) is 16.8. The lowest BCUT2D eigenvalue weighted by Gasteiger charge is -2.32. The SMILES string of the molecule is CCCCNC(=O)C(C)N(Cc1ccccc1C)C(=O)CN(c1cccc(C(F)(F)F)c1)S(C)(=O)=O. The van der Waals surface area contributed by atoms with Crippen molar-refractivity contribution in [1.29, 1.82) is 0 Å². The Hall–Kier alpha value is -3.08. The maximum atomic E-state index is 13.5. The number of sulfonamides is 1. The molecule has 2 rings (SSSR count). The van der Waals surface area contributed by atoms with Gasteiger partial charge in [0, 0.05) is 13.1 Å². The molecule has 2 aromatic rings. The highest BCUT2D eigenvalue weighted by Crippen LogP contribution is 2.32. The van der Waals surface area contributed by atoms with Crippen LogP contribution in [0.25, 0.3) is 0 Å². The van der Waals surface area contributed by atoms with Gasteiger partial charge in [0.05, 0.1) is 17.5 Å². The molecule has 2 amide bonds. The monoisotopic (exact) mass is 527 g/mol. The fourth-order valence-electron chi connectivity index (χ4n) is 3.54. The summed E-state index contributed by atoms with van der Waals surface area (Å²) in [5.74, 6) is -1.13. The molecule has 0 heterocycles. The third kappa shape index (κ3) is 7.97. The van der Waals surface area contributed by atoms with Crippen LogP contribution in [0.3, 0.4) is 0 Å². The third-order valence-electron chi connectivity index (χ3n) is 5.74. The number of rotatable bonds is 11. The van der Waals surface area contributed by atoms with E-state index in [9.17, 15) is 31.2 Å². The van der Waals surface area contributed by atoms with E-state index in [1.165, 1.54) is 17.9 Å². The van der Waals surface area contributed by atoms with Crippen molar-refractivity contribution in [3.05, 3.63) is 65.2 Å². The molecule has 0 saturated heterocycles. The number of carbonyl (C=O) groups excluding carboxylic acids is 2. The molecule has 0 saturated carbocycles. The molecule has 7 nitrogen and oxygen atoms in total. The molecule has 2 aromatic carbocycles. The molecule has 0 radical (unpaired) electrons. The van der Waals surface area contributed by atoms with Gasteiger partial charge in [-0.15, -0.1) is 0 Å². The van der Waals surface area contributed by atoms with Crippen LogP contribution in [0.4, 0.5) is 18.9 Å². The van der Waals surface area contributed by atoms with Gasteiger partial charge < -0.3 is 10.2 Å². The van der Waals surface area contributed by atoms with Gasteiger partial charge in [-0.05, 0) is 49.6 Å². The van der Waals surface area contributed by atoms with Crippen LogP contribution in [0.2, 0.25) is 0 Å². The number of aryl methyl sites for hydroxylation is 1. The largest absolute Gasteiger partial charge is 0.416 e. The number of anilines is 1. The quantitative estimate of drug-likeness (QED) is 0.446. The van der Waals surface area contributed by atoms with Crippen LogP contribution < -0.4 is 9.62 Å². The number of nitrogens with one attached hydrogen (secondary N) is 1. The van der Waals surface area contributed by atoms with Crippen LogP contribution in [-0.4, -0.2) is 50.5 Å². The lowest BCUT2D eigenvalue weighted by molar-refractivity contribution is -0.139. The van der Waals surface area contributed by atoms with Crippen molar-refractivity contribution >= 4 is 27.5 Å². The smallest absolute Gasteiger partial charge is 0.354 e. The number of unbranched alkanes of at least 4 members (excludes halogenated alkanes) is 1. The molecule has 0 aromatic heterocycles. The Morgan fingerprint density at radius 1 is 1.08 bits per heavy atom. The molecule has 0 aliphatic rings. The number of hydrogen-bond acceptors (Lipinski definition) is 4. The van der Waals surface area contributed by atoms with Gasteiger partial charge in [-0.2, -0.15) is 13.2 Å². The molecule has 0 fully saturated rings. The van der Waals surface area contributed by atoms with Crippen molar-refractivity contribution in [3.8, 4) is 0 Å². The zero-order chi connectivity index (χ0) is 27.1. The van der Waals surface area contributed by atoms with Gasteiger partial charge in [-0.25, -0.2) is 8.42 Å². The number of halogens is 3. The van der Waals surface area contributed by atoms with E-state index in [-0.39, 0.29) is 12.2 Å². The summed E-state index contributed by atoms with van der Waals surface area (Å²) in [6.45, 7) is 5.03. The second-order valence-electron chi connectivity index (χ2n) is 8.59. The van der Waals surface area contributed by atoms with E-state index in [0.717, 1.165) is 42.4 Å². The lowest BCUT2D eigenvalue weighted by Crippen LogP contribution is -2.51. The van der Waals surface area contributed by atoms with Crippen LogP contribution >= 0.6 is 0 Å². The Labute approximate surface area is 210 Å². The van der Waals surface area contributed by atoms with Gasteiger partial charge in [0.25, 0.3) is 0 Å². The zero-order valence-electron chi connectivity index (χ0n) is 20.8. The summed E-state index contributed by atoms with van der Waals surface area (Å²) >= 11 is 0. The highest BCUT2D eigenvalue weighted by molar-refractivity contribution is 7.92. The summed E-state index contributed by atoms with van der Waals surface area (Å²) in [6.07, 6.45) is -2.26. The molecular weight excluding hydrogens is 495 g/mol. The van der Waals surface area contributed by atoms with Gasteiger partial charge >= 0.3 is 6.18 Å². The average Bonchev–Trinajstić information content (AvgIpc) is 2.80. The highest BCUT2D eigenvalue weighted by atomic mass is 32.2. The first-order valence-electron chi connectivity index (χ1n) is 11.5. The van der Waals surface area contributed by atoms with Crippen molar-refractivity contribution in [2.75, 3.05) is 23.7 Å². The Morgan fingerprint density at radius 2 is 1.75 bits per heavy atom. The predicted molar refractivity (Wildman–Crippen MR) is 133 cm³/mol. The number of nitrogens with zero attached hydrogens (tertiary/aromatic N) is 2. The molecule has 0 aliphatic heterocycles. The van der Waals surface area contributed by atoms with Crippen molar-refractivity contribution in [1.82, 2.24) is 10.2 Å². The third-order valence-corrected chi connectivity index (χ3v) is 6.88. The molecule has 198 valence electrons. The summed E-state index contributed by atoms with van der Waals surface area (Å²) < 4.78 is 65.4. The molecule has 36 heavy (non-hydrogen) atoms. The number of carbonyl (C=O) groups is 2. The average molecular weight is 528 g/mol. The van der Waals surface area contributed by atoms with Crippen LogP contribution in [0, 0.1) is 6.92 Å². The molecule has 0 aliphatic carbocycles. The fraction of sp³-hybridized carbons (Fsp3) is 0.440. The van der Waals surface area contributed by atoms with Gasteiger partial charge in [0.1, 0.15) is 12.6 Å². The summed E-state index contributed by atoms with van der Waals surface area (Å²) in [5.41, 5.74) is 0.286. The van der Waals surface area contributed by atoms with Crippen LogP contribution in [-0.2, 0) is 32.3 Å². The van der Waals surface area contributed by atoms with Gasteiger partial charge in [0.15, 0.2) is 0 Å². The Balaban J connectivity index is 2.42. The second kappa shape index (κ2) is 12.2. The van der Waals surface area contributed by atoms with Crippen molar-refractivity contribution in [2.24, 2.45) is 0 Å². The summed E-state index contributed by atoms with van der Waals surface area (Å²) in [5, 5.41) is 2.77. The lowest BCUT2D eigenvalue weighted by atomic mass is 10.1. The first kappa shape index (κ1) is 29.2. The summed E-state index contributed by atoms with van der Waals surface area (Å²) in [7, 11) is -4.14. The van der Waals surface area contributed by atoms with Crippen molar-refractivity contribution in [3.63, 3.8) is 0 Å².